The number of imidazole rings is 1. The summed E-state index contributed by atoms with van der Waals surface area (Å²) in [6, 6.07) is 25.5. The minimum Gasteiger partial charge on any atom is -0.457 e. The number of H-pyrrole nitrogens is 1. The van der Waals surface area contributed by atoms with Crippen LogP contribution in [0.15, 0.2) is 90.0 Å². The quantitative estimate of drug-likeness (QED) is 0.251. The summed E-state index contributed by atoms with van der Waals surface area (Å²) in [4.78, 5) is 36.2. The van der Waals surface area contributed by atoms with Gasteiger partial charge < -0.3 is 19.3 Å². The molecule has 0 radical (unpaired) electrons. The first-order valence-electron chi connectivity index (χ1n) is 14.5. The third kappa shape index (κ3) is 4.66. The van der Waals surface area contributed by atoms with Gasteiger partial charge in [-0.1, -0.05) is 80.6 Å². The molecule has 0 aliphatic carbocycles. The van der Waals surface area contributed by atoms with E-state index >= 15 is 0 Å². The Bertz CT molecular complexity index is 1860. The maximum absolute atomic E-state index is 12.7. The lowest BCUT2D eigenvalue weighted by Crippen LogP contribution is -2.39. The van der Waals surface area contributed by atoms with Gasteiger partial charge >= 0.3 is 0 Å². The molecular weight excluding hydrogens is 562 g/mol. The fraction of sp³-hybridized carbons (Fsp3) is 0.273. The van der Waals surface area contributed by atoms with Crippen LogP contribution in [0.5, 0.6) is 11.5 Å². The number of carbonyl (C=O) groups excluding carboxylic acids is 1. The van der Waals surface area contributed by atoms with Gasteiger partial charge in [0.25, 0.3) is 5.56 Å². The van der Waals surface area contributed by atoms with Gasteiger partial charge in [-0.2, -0.15) is 4.98 Å². The molecule has 3 atom stereocenters. The molecule has 224 valence electrons. The lowest BCUT2D eigenvalue weighted by atomic mass is 9.77. The van der Waals surface area contributed by atoms with E-state index in [0.29, 0.717) is 11.5 Å². The van der Waals surface area contributed by atoms with Crippen molar-refractivity contribution in [3.63, 3.8) is 0 Å². The second-order valence-corrected chi connectivity index (χ2v) is 11.3. The van der Waals surface area contributed by atoms with Crippen molar-refractivity contribution in [2.75, 3.05) is 11.9 Å². The van der Waals surface area contributed by atoms with Crippen molar-refractivity contribution < 1.29 is 24.1 Å². The van der Waals surface area contributed by atoms with Crippen LogP contribution in [-0.4, -0.2) is 49.3 Å². The first kappa shape index (κ1) is 28.0. The number of aromatic amines is 1. The number of fused-ring (bicyclic) bond motifs is 3. The van der Waals surface area contributed by atoms with E-state index in [1.807, 2.05) is 78.9 Å². The van der Waals surface area contributed by atoms with E-state index in [0.717, 1.165) is 16.7 Å². The zero-order valence-electron chi connectivity index (χ0n) is 24.1. The van der Waals surface area contributed by atoms with Crippen molar-refractivity contribution in [1.29, 1.82) is 0 Å². The molecule has 2 aromatic heterocycles. The number of nitrogens with zero attached hydrogens (tertiary/aromatic N) is 3. The Kier molecular flexibility index (Phi) is 7.00. The number of carbonyl (C=O) groups is 1. The van der Waals surface area contributed by atoms with E-state index in [9.17, 15) is 14.7 Å². The number of para-hydroxylation sites is 2. The van der Waals surface area contributed by atoms with Gasteiger partial charge in [-0.3, -0.25) is 24.5 Å². The molecule has 5 aromatic rings. The second kappa shape index (κ2) is 11.0. The lowest BCUT2D eigenvalue weighted by Gasteiger charge is -2.41. The Morgan fingerprint density at radius 1 is 1.07 bits per heavy atom. The number of rotatable bonds is 7. The van der Waals surface area contributed by atoms with Crippen LogP contribution in [0.4, 0.5) is 5.95 Å². The number of aliphatic hydroxyl groups excluding tert-OH is 1. The first-order valence-corrected chi connectivity index (χ1v) is 14.5. The van der Waals surface area contributed by atoms with Gasteiger partial charge in [0.15, 0.2) is 16.8 Å². The topological polar surface area (TPSA) is 141 Å². The summed E-state index contributed by atoms with van der Waals surface area (Å²) >= 11 is 0. The molecule has 4 heterocycles. The van der Waals surface area contributed by atoms with Crippen LogP contribution in [-0.2, 0) is 19.9 Å². The van der Waals surface area contributed by atoms with Crippen LogP contribution in [0.25, 0.3) is 11.2 Å². The Balaban J connectivity index is 1.21. The molecule has 2 aliphatic rings. The van der Waals surface area contributed by atoms with Crippen molar-refractivity contribution in [3.05, 3.63) is 112 Å². The molecule has 44 heavy (non-hydrogen) atoms. The van der Waals surface area contributed by atoms with Gasteiger partial charge in [0.1, 0.15) is 23.8 Å². The van der Waals surface area contributed by atoms with Crippen LogP contribution in [0, 0.1) is 5.92 Å². The predicted octanol–water partition coefficient (Wildman–Crippen LogP) is 4.48. The Morgan fingerprint density at radius 2 is 1.73 bits per heavy atom. The fourth-order valence-electron chi connectivity index (χ4n) is 5.88. The van der Waals surface area contributed by atoms with Crippen LogP contribution < -0.4 is 15.6 Å². The summed E-state index contributed by atoms with van der Waals surface area (Å²) in [5, 5.41) is 13.8. The molecule has 1 amide bonds. The number of aliphatic hydroxyl groups is 1. The maximum atomic E-state index is 12.7. The average molecular weight is 594 g/mol. The highest BCUT2D eigenvalue weighted by atomic mass is 16.6. The van der Waals surface area contributed by atoms with Crippen LogP contribution in [0.1, 0.15) is 43.2 Å². The summed E-state index contributed by atoms with van der Waals surface area (Å²) in [6.45, 7) is 3.53. The molecule has 11 nitrogen and oxygen atoms in total. The van der Waals surface area contributed by atoms with E-state index in [1.54, 1.807) is 18.4 Å². The highest BCUT2D eigenvalue weighted by Gasteiger charge is 2.47. The number of aromatic nitrogens is 4. The SMILES string of the molecule is CC(C)C(=O)Nc1nc2c(ncn2[C@H]2C[C@H](O)[C@@H](COC3(c4ccccc4)c4ccccc4Oc4ccccc43)O2)c(=O)[nH]1. The Morgan fingerprint density at radius 3 is 2.41 bits per heavy atom. The predicted molar refractivity (Wildman–Crippen MR) is 161 cm³/mol. The van der Waals surface area contributed by atoms with Crippen molar-refractivity contribution in [3.8, 4) is 11.5 Å². The van der Waals surface area contributed by atoms with Crippen molar-refractivity contribution in [1.82, 2.24) is 19.5 Å². The summed E-state index contributed by atoms with van der Waals surface area (Å²) in [5.74, 6) is 0.795. The monoisotopic (exact) mass is 593 g/mol. The number of amides is 1. The molecule has 3 N–H and O–H groups in total. The minimum atomic E-state index is -1.03. The Labute approximate surface area is 252 Å². The smallest absolute Gasteiger partial charge is 0.280 e. The largest absolute Gasteiger partial charge is 0.457 e. The fourth-order valence-corrected chi connectivity index (χ4v) is 5.88. The maximum Gasteiger partial charge on any atom is 0.280 e. The summed E-state index contributed by atoms with van der Waals surface area (Å²) in [7, 11) is 0. The molecule has 1 saturated heterocycles. The third-order valence-electron chi connectivity index (χ3n) is 8.11. The normalized spacial score (nSPS) is 20.2. The van der Waals surface area contributed by atoms with E-state index < -0.39 is 29.6 Å². The lowest BCUT2D eigenvalue weighted by molar-refractivity contribution is -0.118. The molecule has 2 aliphatic heterocycles. The second-order valence-electron chi connectivity index (χ2n) is 11.3. The van der Waals surface area contributed by atoms with E-state index in [-0.39, 0.29) is 42.0 Å². The van der Waals surface area contributed by atoms with E-state index in [2.05, 4.69) is 20.3 Å². The molecule has 3 aromatic carbocycles. The number of anilines is 1. The van der Waals surface area contributed by atoms with E-state index in [1.165, 1.54) is 6.33 Å². The van der Waals surface area contributed by atoms with Crippen molar-refractivity contribution in [2.24, 2.45) is 5.92 Å². The zero-order chi connectivity index (χ0) is 30.4. The average Bonchev–Trinajstić information content (AvgIpc) is 3.63. The van der Waals surface area contributed by atoms with E-state index in [4.69, 9.17) is 14.2 Å². The van der Waals surface area contributed by atoms with Gasteiger partial charge in [-0.25, -0.2) is 4.98 Å². The van der Waals surface area contributed by atoms with Crippen LogP contribution >= 0.6 is 0 Å². The van der Waals surface area contributed by atoms with Crippen LogP contribution in [0.2, 0.25) is 0 Å². The molecule has 11 heteroatoms. The number of hydrogen-bond donors (Lipinski definition) is 3. The van der Waals surface area contributed by atoms with Gasteiger partial charge in [0.2, 0.25) is 11.9 Å². The standard InChI is InChI=1S/C33H31N5O6/c1-19(2)30(40)36-32-35-29-28(31(41)37-32)34-18-38(29)27-16-23(39)26(44-27)17-42-33(20-10-4-3-5-11-20)21-12-6-8-14-24(21)43-25-15-9-7-13-22(25)33/h3-15,18-19,23,26-27,39H,16-17H2,1-2H3,(H2,35,36,37,40,41)/t23-,26+,27+/m0/s1. The summed E-state index contributed by atoms with van der Waals surface area (Å²) < 4.78 is 21.1. The minimum absolute atomic E-state index is 0.0167. The van der Waals surface area contributed by atoms with Gasteiger partial charge in [0, 0.05) is 23.5 Å². The third-order valence-corrected chi connectivity index (χ3v) is 8.11. The Hall–Kier alpha value is -4.84. The number of hydrogen-bond acceptors (Lipinski definition) is 8. The molecule has 0 unspecified atom stereocenters. The molecule has 1 fully saturated rings. The molecule has 0 spiro atoms. The number of nitrogens with one attached hydrogen (secondary N) is 2. The number of benzene rings is 3. The summed E-state index contributed by atoms with van der Waals surface area (Å²) in [5.41, 5.74) is 1.40. The highest BCUT2D eigenvalue weighted by Crippen LogP contribution is 2.52. The van der Waals surface area contributed by atoms with Crippen LogP contribution in [0.3, 0.4) is 0 Å². The van der Waals surface area contributed by atoms with Crippen molar-refractivity contribution >= 4 is 23.0 Å². The summed E-state index contributed by atoms with van der Waals surface area (Å²) in [6.07, 6.45) is -0.581. The highest BCUT2D eigenvalue weighted by molar-refractivity contribution is 5.91. The van der Waals surface area contributed by atoms with Gasteiger partial charge in [-0.05, 0) is 17.7 Å². The van der Waals surface area contributed by atoms with Crippen molar-refractivity contribution in [2.45, 2.75) is 44.3 Å². The zero-order valence-corrected chi connectivity index (χ0v) is 24.1. The molecule has 0 bridgehead atoms. The molecular formula is C33H31N5O6. The molecule has 0 saturated carbocycles. The van der Waals surface area contributed by atoms with Gasteiger partial charge in [0.05, 0.1) is 19.0 Å². The molecule has 7 rings (SSSR count). The number of ether oxygens (including phenoxy) is 3. The van der Waals surface area contributed by atoms with Gasteiger partial charge in [-0.15, -0.1) is 0 Å². The first-order chi connectivity index (χ1) is 21.3.